The van der Waals surface area contributed by atoms with Crippen LogP contribution in [-0.4, -0.2) is 23.7 Å². The van der Waals surface area contributed by atoms with Crippen molar-refractivity contribution < 1.29 is 19.1 Å². The van der Waals surface area contributed by atoms with Gasteiger partial charge in [-0.25, -0.2) is 4.79 Å². The number of hydrogen-bond acceptors (Lipinski definition) is 3. The molecule has 2 aromatic rings. The number of benzene rings is 1. The maximum absolute atomic E-state index is 11.5. The number of fused-ring (bicyclic) bond motifs is 1. The number of amides is 2. The molecule has 0 aliphatic carbocycles. The van der Waals surface area contributed by atoms with E-state index < -0.39 is 12.0 Å². The number of carbonyl (C=O) groups is 2. The van der Waals surface area contributed by atoms with E-state index in [1.165, 1.54) is 0 Å². The van der Waals surface area contributed by atoms with Crippen molar-refractivity contribution in [3.8, 4) is 0 Å². The Morgan fingerprint density at radius 1 is 1.25 bits per heavy atom. The largest absolute Gasteiger partial charge is 0.481 e. The Labute approximate surface area is 115 Å². The van der Waals surface area contributed by atoms with Gasteiger partial charge in [-0.1, -0.05) is 18.2 Å². The normalized spacial score (nSPS) is 10.4. The molecular weight excluding hydrogens is 260 g/mol. The van der Waals surface area contributed by atoms with E-state index in [1.54, 1.807) is 0 Å². The molecule has 0 bridgehead atoms. The van der Waals surface area contributed by atoms with E-state index in [0.29, 0.717) is 5.76 Å². The zero-order valence-corrected chi connectivity index (χ0v) is 11.1. The summed E-state index contributed by atoms with van der Waals surface area (Å²) in [6.07, 6.45) is -0.100. The number of aliphatic carboxylic acids is 1. The van der Waals surface area contributed by atoms with Crippen LogP contribution in [0.15, 0.2) is 28.7 Å². The first kappa shape index (κ1) is 13.9. The minimum atomic E-state index is -0.946. The molecule has 0 fully saturated rings. The summed E-state index contributed by atoms with van der Waals surface area (Å²) in [6.45, 7) is 2.30. The number of carboxylic acid groups (broad SMARTS) is 1. The van der Waals surface area contributed by atoms with E-state index in [2.05, 4.69) is 10.6 Å². The van der Waals surface area contributed by atoms with E-state index >= 15 is 0 Å². The molecule has 1 heterocycles. The van der Waals surface area contributed by atoms with Crippen LogP contribution in [0.3, 0.4) is 0 Å². The number of para-hydroxylation sites is 1. The van der Waals surface area contributed by atoms with Crippen LogP contribution in [0.4, 0.5) is 4.79 Å². The van der Waals surface area contributed by atoms with Crippen molar-refractivity contribution in [3.05, 3.63) is 35.6 Å². The van der Waals surface area contributed by atoms with Crippen molar-refractivity contribution >= 4 is 23.0 Å². The van der Waals surface area contributed by atoms with E-state index in [9.17, 15) is 9.59 Å². The second-order valence-electron chi connectivity index (χ2n) is 4.40. The molecular formula is C14H16N2O4. The molecule has 2 rings (SSSR count). The van der Waals surface area contributed by atoms with Crippen LogP contribution in [0.1, 0.15) is 17.7 Å². The fraction of sp³-hybridized carbons (Fsp3) is 0.286. The molecule has 6 nitrogen and oxygen atoms in total. The predicted octanol–water partition coefficient (Wildman–Crippen LogP) is 2.02. The molecule has 106 valence electrons. The molecule has 0 aliphatic rings. The molecule has 1 aromatic carbocycles. The number of carboxylic acids is 1. The third-order valence-electron chi connectivity index (χ3n) is 2.98. The second-order valence-corrected chi connectivity index (χ2v) is 4.40. The molecule has 6 heteroatoms. The number of carbonyl (C=O) groups excluding carboxylic acids is 1. The van der Waals surface area contributed by atoms with Gasteiger partial charge in [-0.3, -0.25) is 4.79 Å². The lowest BCUT2D eigenvalue weighted by Crippen LogP contribution is -2.36. The second kappa shape index (κ2) is 6.10. The maximum Gasteiger partial charge on any atom is 0.315 e. The summed E-state index contributed by atoms with van der Waals surface area (Å²) < 4.78 is 5.66. The van der Waals surface area contributed by atoms with Crippen LogP contribution in [-0.2, 0) is 11.3 Å². The summed E-state index contributed by atoms with van der Waals surface area (Å²) in [7, 11) is 0. The van der Waals surface area contributed by atoms with Crippen molar-refractivity contribution in [2.45, 2.75) is 19.9 Å². The van der Waals surface area contributed by atoms with Gasteiger partial charge in [0.25, 0.3) is 0 Å². The van der Waals surface area contributed by atoms with E-state index in [-0.39, 0.29) is 19.5 Å². The van der Waals surface area contributed by atoms with E-state index in [4.69, 9.17) is 9.52 Å². The zero-order valence-electron chi connectivity index (χ0n) is 11.1. The molecule has 0 saturated heterocycles. The van der Waals surface area contributed by atoms with Gasteiger partial charge in [-0.05, 0) is 13.0 Å². The van der Waals surface area contributed by atoms with Gasteiger partial charge in [0.2, 0.25) is 0 Å². The van der Waals surface area contributed by atoms with Crippen LogP contribution in [0.25, 0.3) is 11.0 Å². The van der Waals surface area contributed by atoms with E-state index in [1.807, 2.05) is 31.2 Å². The van der Waals surface area contributed by atoms with Crippen molar-refractivity contribution in [2.24, 2.45) is 0 Å². The Bertz CT molecular complexity index is 633. The Kier molecular flexibility index (Phi) is 4.24. The predicted molar refractivity (Wildman–Crippen MR) is 73.4 cm³/mol. The molecule has 0 radical (unpaired) electrons. The molecule has 0 aliphatic heterocycles. The average Bonchev–Trinajstić information content (AvgIpc) is 2.73. The van der Waals surface area contributed by atoms with Crippen molar-refractivity contribution in [1.82, 2.24) is 10.6 Å². The number of hydrogen-bond donors (Lipinski definition) is 3. The molecule has 0 saturated carbocycles. The maximum atomic E-state index is 11.5. The molecule has 1 aromatic heterocycles. The van der Waals surface area contributed by atoms with Gasteiger partial charge in [-0.15, -0.1) is 0 Å². The van der Waals surface area contributed by atoms with Crippen LogP contribution in [0.2, 0.25) is 0 Å². The SMILES string of the molecule is Cc1c(CNC(=O)NCCC(=O)O)oc2ccccc12. The number of urea groups is 1. The highest BCUT2D eigenvalue weighted by Crippen LogP contribution is 2.24. The Morgan fingerprint density at radius 2 is 2.00 bits per heavy atom. The standard InChI is InChI=1S/C14H16N2O4/c1-9-10-4-2-3-5-11(10)20-12(9)8-16-14(19)15-7-6-13(17)18/h2-5H,6-8H2,1H3,(H,17,18)(H2,15,16,19). The van der Waals surface area contributed by atoms with Crippen LogP contribution >= 0.6 is 0 Å². The van der Waals surface area contributed by atoms with Crippen LogP contribution < -0.4 is 10.6 Å². The highest BCUT2D eigenvalue weighted by Gasteiger charge is 2.10. The first-order valence-corrected chi connectivity index (χ1v) is 6.28. The quantitative estimate of drug-likeness (QED) is 0.779. The summed E-state index contributed by atoms with van der Waals surface area (Å²) >= 11 is 0. The third kappa shape index (κ3) is 3.28. The minimum Gasteiger partial charge on any atom is -0.481 e. The molecule has 2 amide bonds. The highest BCUT2D eigenvalue weighted by atomic mass is 16.4. The van der Waals surface area contributed by atoms with Gasteiger partial charge >= 0.3 is 12.0 Å². The average molecular weight is 276 g/mol. The Hall–Kier alpha value is -2.50. The molecule has 0 atom stereocenters. The zero-order chi connectivity index (χ0) is 14.5. The Morgan fingerprint density at radius 3 is 2.70 bits per heavy atom. The number of nitrogens with one attached hydrogen (secondary N) is 2. The molecule has 3 N–H and O–H groups in total. The Balaban J connectivity index is 1.91. The lowest BCUT2D eigenvalue weighted by molar-refractivity contribution is -0.136. The summed E-state index contributed by atoms with van der Waals surface area (Å²) in [5.74, 6) is -0.252. The summed E-state index contributed by atoms with van der Waals surface area (Å²) in [4.78, 5) is 21.8. The van der Waals surface area contributed by atoms with Crippen molar-refractivity contribution in [3.63, 3.8) is 0 Å². The minimum absolute atomic E-state index is 0.0975. The van der Waals surface area contributed by atoms with Gasteiger partial charge in [0.15, 0.2) is 0 Å². The lowest BCUT2D eigenvalue weighted by Gasteiger charge is -2.05. The molecule has 0 unspecified atom stereocenters. The molecule has 0 spiro atoms. The summed E-state index contributed by atoms with van der Waals surface area (Å²) in [5, 5.41) is 14.6. The summed E-state index contributed by atoms with van der Waals surface area (Å²) in [6, 6.07) is 7.25. The van der Waals surface area contributed by atoms with Crippen LogP contribution in [0, 0.1) is 6.92 Å². The van der Waals surface area contributed by atoms with Crippen molar-refractivity contribution in [2.75, 3.05) is 6.54 Å². The van der Waals surface area contributed by atoms with Crippen molar-refractivity contribution in [1.29, 1.82) is 0 Å². The lowest BCUT2D eigenvalue weighted by atomic mass is 10.1. The van der Waals surface area contributed by atoms with Gasteiger partial charge < -0.3 is 20.2 Å². The monoisotopic (exact) mass is 276 g/mol. The molecule has 20 heavy (non-hydrogen) atoms. The third-order valence-corrected chi connectivity index (χ3v) is 2.98. The van der Waals surface area contributed by atoms with Gasteiger partial charge in [-0.2, -0.15) is 0 Å². The van der Waals surface area contributed by atoms with Crippen LogP contribution in [0.5, 0.6) is 0 Å². The van der Waals surface area contributed by atoms with E-state index in [0.717, 1.165) is 16.5 Å². The topological polar surface area (TPSA) is 91.6 Å². The summed E-state index contributed by atoms with van der Waals surface area (Å²) in [5.41, 5.74) is 1.78. The smallest absolute Gasteiger partial charge is 0.315 e. The highest BCUT2D eigenvalue weighted by molar-refractivity contribution is 5.82. The first-order chi connectivity index (χ1) is 9.58. The fourth-order valence-electron chi connectivity index (χ4n) is 1.90. The van der Waals surface area contributed by atoms with Gasteiger partial charge in [0.05, 0.1) is 13.0 Å². The number of rotatable bonds is 5. The van der Waals surface area contributed by atoms with Gasteiger partial charge in [0.1, 0.15) is 11.3 Å². The first-order valence-electron chi connectivity index (χ1n) is 6.28. The number of aryl methyl sites for hydroxylation is 1. The van der Waals surface area contributed by atoms with Gasteiger partial charge in [0, 0.05) is 17.5 Å². The fourth-order valence-corrected chi connectivity index (χ4v) is 1.90. The number of furan rings is 1.